The number of rotatable bonds is 9. The number of piperidine rings is 1. The van der Waals surface area contributed by atoms with Crippen LogP contribution in [0.15, 0.2) is 42.6 Å². The molecule has 7 rings (SSSR count). The van der Waals surface area contributed by atoms with Crippen LogP contribution >= 0.6 is 0 Å². The Bertz CT molecular complexity index is 1660. The Hall–Kier alpha value is -5.09. The molecule has 4 N–H and O–H groups in total. The van der Waals surface area contributed by atoms with Gasteiger partial charge in [-0.2, -0.15) is 4.98 Å². The predicted octanol–water partition coefficient (Wildman–Crippen LogP) is 1.35. The van der Waals surface area contributed by atoms with Crippen LogP contribution < -0.4 is 36.0 Å². The molecule has 0 saturated carbocycles. The maximum Gasteiger partial charge on any atom is 0.328 e. The molecule has 264 valence electrons. The minimum absolute atomic E-state index is 0.00510. The van der Waals surface area contributed by atoms with Crippen molar-refractivity contribution in [3.05, 3.63) is 48.3 Å². The van der Waals surface area contributed by atoms with Crippen LogP contribution in [-0.4, -0.2) is 133 Å². The van der Waals surface area contributed by atoms with Crippen LogP contribution in [0.25, 0.3) is 0 Å². The summed E-state index contributed by atoms with van der Waals surface area (Å²) in [7, 11) is 2.08. The summed E-state index contributed by atoms with van der Waals surface area (Å²) < 4.78 is 0. The third-order valence-electron chi connectivity index (χ3n) is 10.1. The van der Waals surface area contributed by atoms with E-state index in [1.807, 2.05) is 24.3 Å². The smallest absolute Gasteiger partial charge is 0.328 e. The molecule has 3 aromatic rings. The highest BCUT2D eigenvalue weighted by Crippen LogP contribution is 2.27. The van der Waals surface area contributed by atoms with Crippen molar-refractivity contribution in [3.8, 4) is 0 Å². The van der Waals surface area contributed by atoms with Gasteiger partial charge in [0.25, 0.3) is 5.91 Å². The molecule has 1 aromatic carbocycles. The fourth-order valence-corrected chi connectivity index (χ4v) is 7.05. The van der Waals surface area contributed by atoms with Crippen LogP contribution in [0, 0.1) is 5.92 Å². The van der Waals surface area contributed by atoms with Crippen molar-refractivity contribution in [2.45, 2.75) is 19.3 Å². The number of aromatic nitrogens is 4. The Morgan fingerprint density at radius 1 is 0.840 bits per heavy atom. The Morgan fingerprint density at radius 3 is 2.20 bits per heavy atom. The van der Waals surface area contributed by atoms with E-state index in [9.17, 15) is 14.4 Å². The van der Waals surface area contributed by atoms with Gasteiger partial charge in [0.05, 0.1) is 11.9 Å². The van der Waals surface area contributed by atoms with Gasteiger partial charge in [0.1, 0.15) is 5.82 Å². The van der Waals surface area contributed by atoms with Gasteiger partial charge in [-0.1, -0.05) is 0 Å². The normalized spacial score (nSPS) is 19.9. The van der Waals surface area contributed by atoms with Crippen molar-refractivity contribution in [2.24, 2.45) is 11.7 Å². The number of hydrogen-bond acceptors (Lipinski definition) is 13. The third kappa shape index (κ3) is 7.70. The van der Waals surface area contributed by atoms with E-state index >= 15 is 0 Å². The van der Waals surface area contributed by atoms with Crippen LogP contribution in [0.3, 0.4) is 0 Å². The fourth-order valence-electron chi connectivity index (χ4n) is 7.05. The summed E-state index contributed by atoms with van der Waals surface area (Å²) in [5.74, 6) is 1.41. The van der Waals surface area contributed by atoms with E-state index < -0.39 is 5.91 Å². The molecule has 4 amide bonds. The minimum Gasteiger partial charge on any atom is -0.369 e. The average molecular weight is 684 g/mol. The van der Waals surface area contributed by atoms with Crippen LogP contribution in [0.2, 0.25) is 0 Å². The number of piperazine rings is 2. The van der Waals surface area contributed by atoms with Crippen LogP contribution in [0.1, 0.15) is 29.8 Å². The van der Waals surface area contributed by atoms with Crippen molar-refractivity contribution in [1.29, 1.82) is 0 Å². The van der Waals surface area contributed by atoms with Crippen LogP contribution in [-0.2, 0) is 4.79 Å². The number of carbonyl (C=O) groups is 3. The molecule has 4 aliphatic rings. The van der Waals surface area contributed by atoms with Crippen LogP contribution in [0.5, 0.6) is 0 Å². The zero-order chi connectivity index (χ0) is 34.6. The third-order valence-corrected chi connectivity index (χ3v) is 10.1. The summed E-state index contributed by atoms with van der Waals surface area (Å²) in [4.78, 5) is 58.3. The molecule has 16 nitrogen and oxygen atoms in total. The number of pyridine rings is 1. The SMILES string of the molecule is CN1CCN(c2nnc(C(N)=O)c(Nc3ccc(N4CCC(CN5CCN(c6ccc(N7CCC(=O)NC7=O)cc6)CC5)CC4)nc3)n2)CC1. The number of likely N-dealkylation sites (N-methyl/N-ethyl adjacent to an activating group) is 1. The zero-order valence-corrected chi connectivity index (χ0v) is 28.5. The van der Waals surface area contributed by atoms with Gasteiger partial charge in [0.2, 0.25) is 11.9 Å². The molecule has 0 bridgehead atoms. The lowest BCUT2D eigenvalue weighted by Crippen LogP contribution is -2.49. The topological polar surface area (TPSA) is 172 Å². The van der Waals surface area contributed by atoms with Gasteiger partial charge in [-0.3, -0.25) is 24.7 Å². The van der Waals surface area contributed by atoms with E-state index in [1.54, 1.807) is 11.1 Å². The Labute approximate surface area is 291 Å². The molecule has 0 spiro atoms. The number of nitrogens with zero attached hydrogens (tertiary/aromatic N) is 10. The van der Waals surface area contributed by atoms with E-state index in [1.165, 1.54) is 0 Å². The van der Waals surface area contributed by atoms with Crippen LogP contribution in [0.4, 0.5) is 39.4 Å². The first-order valence-electron chi connectivity index (χ1n) is 17.4. The number of nitrogens with one attached hydrogen (secondary N) is 2. The Kier molecular flexibility index (Phi) is 9.89. The largest absolute Gasteiger partial charge is 0.369 e. The quantitative estimate of drug-likeness (QED) is 0.295. The molecule has 50 heavy (non-hydrogen) atoms. The number of anilines is 6. The number of hydrogen-bond donors (Lipinski definition) is 3. The molecule has 4 fully saturated rings. The molecule has 6 heterocycles. The molecule has 16 heteroatoms. The molecular weight excluding hydrogens is 638 g/mol. The van der Waals surface area contributed by atoms with Gasteiger partial charge in [0, 0.05) is 96.3 Å². The number of nitrogens with two attached hydrogens (primary N) is 1. The van der Waals surface area contributed by atoms with E-state index in [0.717, 1.165) is 102 Å². The first-order valence-corrected chi connectivity index (χ1v) is 17.4. The van der Waals surface area contributed by atoms with Crippen molar-refractivity contribution < 1.29 is 14.4 Å². The van der Waals surface area contributed by atoms with Gasteiger partial charge in [0.15, 0.2) is 11.5 Å². The molecule has 0 radical (unpaired) electrons. The van der Waals surface area contributed by atoms with Crippen molar-refractivity contribution >= 4 is 52.5 Å². The van der Waals surface area contributed by atoms with Gasteiger partial charge in [-0.25, -0.2) is 9.78 Å². The van der Waals surface area contributed by atoms with Gasteiger partial charge < -0.3 is 30.7 Å². The number of carbonyl (C=O) groups excluding carboxylic acids is 3. The summed E-state index contributed by atoms with van der Waals surface area (Å²) in [6.45, 7) is 10.7. The van der Waals surface area contributed by atoms with Gasteiger partial charge in [-0.05, 0) is 62.2 Å². The van der Waals surface area contributed by atoms with Crippen molar-refractivity contribution in [1.82, 2.24) is 35.3 Å². The van der Waals surface area contributed by atoms with Crippen molar-refractivity contribution in [2.75, 3.05) is 111 Å². The highest BCUT2D eigenvalue weighted by Gasteiger charge is 2.27. The maximum atomic E-state index is 12.2. The summed E-state index contributed by atoms with van der Waals surface area (Å²) in [5.41, 5.74) is 8.23. The van der Waals surface area contributed by atoms with Gasteiger partial charge in [-0.15, -0.1) is 10.2 Å². The molecule has 2 aromatic heterocycles. The number of benzene rings is 1. The number of urea groups is 1. The lowest BCUT2D eigenvalue weighted by Gasteiger charge is -2.40. The van der Waals surface area contributed by atoms with E-state index in [2.05, 4.69) is 69.5 Å². The molecule has 0 atom stereocenters. The summed E-state index contributed by atoms with van der Waals surface area (Å²) in [5, 5.41) is 13.8. The van der Waals surface area contributed by atoms with E-state index in [4.69, 9.17) is 10.7 Å². The predicted molar refractivity (Wildman–Crippen MR) is 191 cm³/mol. The molecule has 4 aliphatic heterocycles. The lowest BCUT2D eigenvalue weighted by atomic mass is 9.96. The molecular formula is C34H45N13O3. The van der Waals surface area contributed by atoms with E-state index in [0.29, 0.717) is 30.5 Å². The zero-order valence-electron chi connectivity index (χ0n) is 28.5. The number of amides is 4. The van der Waals surface area contributed by atoms with Crippen molar-refractivity contribution in [3.63, 3.8) is 0 Å². The maximum absolute atomic E-state index is 12.2. The lowest BCUT2D eigenvalue weighted by molar-refractivity contribution is -0.120. The summed E-state index contributed by atoms with van der Waals surface area (Å²) >= 11 is 0. The monoisotopic (exact) mass is 683 g/mol. The molecule has 0 unspecified atom stereocenters. The highest BCUT2D eigenvalue weighted by atomic mass is 16.2. The fraction of sp³-hybridized carbons (Fsp3) is 0.500. The molecule has 0 aliphatic carbocycles. The minimum atomic E-state index is -0.691. The van der Waals surface area contributed by atoms with E-state index in [-0.39, 0.29) is 23.5 Å². The highest BCUT2D eigenvalue weighted by molar-refractivity contribution is 6.05. The number of imide groups is 1. The summed E-state index contributed by atoms with van der Waals surface area (Å²) in [6, 6.07) is 11.6. The summed E-state index contributed by atoms with van der Waals surface area (Å²) in [6.07, 6.45) is 4.30. The first-order chi connectivity index (χ1) is 24.3. The molecule has 4 saturated heterocycles. The Morgan fingerprint density at radius 2 is 1.54 bits per heavy atom. The second-order valence-corrected chi connectivity index (χ2v) is 13.5. The average Bonchev–Trinajstić information content (AvgIpc) is 3.13. The second-order valence-electron chi connectivity index (χ2n) is 13.5. The standard InChI is InChI=1S/C34H45N13O3/c1-42-14-18-46(19-15-42)33-39-32(30(31(35)49)40-41-33)37-25-2-7-28(36-22-25)45-11-8-24(9-12-45)23-43-16-20-44(21-17-43)26-3-5-27(6-4-26)47-13-10-29(48)38-34(47)50/h2-7,22,24H,8-21,23H2,1H3,(H2,35,49)(H,37,39,41)(H,38,48,50). The Balaban J connectivity index is 0.869. The van der Waals surface area contributed by atoms with Gasteiger partial charge >= 0.3 is 6.03 Å². The second kappa shape index (κ2) is 14.8. The number of primary amides is 1. The first kappa shape index (κ1) is 33.4.